The van der Waals surface area contributed by atoms with Crippen LogP contribution in [0.4, 0.5) is 4.39 Å². The molecule has 0 amide bonds. The Morgan fingerprint density at radius 1 is 1.44 bits per heavy atom. The van der Waals surface area contributed by atoms with Crippen LogP contribution < -0.4 is 10.5 Å². The Labute approximate surface area is 109 Å². The quantitative estimate of drug-likeness (QED) is 0.904. The van der Waals surface area contributed by atoms with Crippen molar-refractivity contribution in [2.24, 2.45) is 5.73 Å². The number of thiazole rings is 1. The molecule has 18 heavy (non-hydrogen) atoms. The molecule has 0 saturated heterocycles. The number of benzene rings is 1. The van der Waals surface area contributed by atoms with Gasteiger partial charge in [0.25, 0.3) is 0 Å². The molecule has 1 aromatic heterocycles. The Bertz CT molecular complexity index is 527. The van der Waals surface area contributed by atoms with Crippen molar-refractivity contribution in [2.45, 2.75) is 12.8 Å². The van der Waals surface area contributed by atoms with Gasteiger partial charge < -0.3 is 10.5 Å². The van der Waals surface area contributed by atoms with Crippen LogP contribution in [0.2, 0.25) is 0 Å². The van der Waals surface area contributed by atoms with Crippen LogP contribution in [0, 0.1) is 5.82 Å². The highest BCUT2D eigenvalue weighted by atomic mass is 32.1. The monoisotopic (exact) mass is 266 g/mol. The summed E-state index contributed by atoms with van der Waals surface area (Å²) in [7, 11) is 1.58. The van der Waals surface area contributed by atoms with E-state index in [1.165, 1.54) is 12.1 Å². The van der Waals surface area contributed by atoms with Gasteiger partial charge in [-0.25, -0.2) is 9.37 Å². The van der Waals surface area contributed by atoms with Gasteiger partial charge in [0, 0.05) is 23.8 Å². The van der Waals surface area contributed by atoms with Crippen LogP contribution in [0.15, 0.2) is 23.6 Å². The number of nitrogens with zero attached hydrogens (tertiary/aromatic N) is 1. The molecule has 0 aliphatic rings. The van der Waals surface area contributed by atoms with Gasteiger partial charge in [0.05, 0.1) is 17.8 Å². The SMILES string of the molecule is COc1ccc(F)cc1Cc1nc(CCN)cs1. The highest BCUT2D eigenvalue weighted by molar-refractivity contribution is 7.09. The number of ether oxygens (including phenoxy) is 1. The van der Waals surface area contributed by atoms with E-state index >= 15 is 0 Å². The maximum Gasteiger partial charge on any atom is 0.123 e. The lowest BCUT2D eigenvalue weighted by atomic mass is 10.1. The van der Waals surface area contributed by atoms with Crippen molar-refractivity contribution in [1.29, 1.82) is 0 Å². The van der Waals surface area contributed by atoms with E-state index in [1.807, 2.05) is 5.38 Å². The van der Waals surface area contributed by atoms with Gasteiger partial charge >= 0.3 is 0 Å². The first-order valence-corrected chi connectivity index (χ1v) is 6.56. The number of hydrogen-bond donors (Lipinski definition) is 1. The summed E-state index contributed by atoms with van der Waals surface area (Å²) in [5, 5.41) is 2.94. The fraction of sp³-hybridized carbons (Fsp3) is 0.308. The molecule has 3 nitrogen and oxygen atoms in total. The maximum absolute atomic E-state index is 13.2. The minimum atomic E-state index is -0.260. The van der Waals surface area contributed by atoms with E-state index in [2.05, 4.69) is 4.98 Å². The van der Waals surface area contributed by atoms with Crippen LogP contribution in [0.1, 0.15) is 16.3 Å². The van der Waals surface area contributed by atoms with E-state index in [0.29, 0.717) is 18.7 Å². The molecular formula is C13H15FN2OS. The Morgan fingerprint density at radius 2 is 2.28 bits per heavy atom. The third kappa shape index (κ3) is 3.05. The van der Waals surface area contributed by atoms with Crippen LogP contribution in [0.25, 0.3) is 0 Å². The summed E-state index contributed by atoms with van der Waals surface area (Å²) in [5.41, 5.74) is 7.29. The smallest absolute Gasteiger partial charge is 0.123 e. The molecule has 0 aliphatic carbocycles. The van der Waals surface area contributed by atoms with Crippen LogP contribution in [0.5, 0.6) is 5.75 Å². The lowest BCUT2D eigenvalue weighted by Gasteiger charge is -2.06. The zero-order valence-corrected chi connectivity index (χ0v) is 11.0. The molecule has 0 bridgehead atoms. The lowest BCUT2D eigenvalue weighted by Crippen LogP contribution is -2.03. The number of methoxy groups -OCH3 is 1. The predicted molar refractivity (Wildman–Crippen MR) is 70.6 cm³/mol. The average molecular weight is 266 g/mol. The van der Waals surface area contributed by atoms with Gasteiger partial charge in [-0.1, -0.05) is 0 Å². The lowest BCUT2D eigenvalue weighted by molar-refractivity contribution is 0.409. The molecule has 0 fully saturated rings. The predicted octanol–water partition coefficient (Wildman–Crippen LogP) is 2.38. The third-order valence-corrected chi connectivity index (χ3v) is 3.48. The average Bonchev–Trinajstić information content (AvgIpc) is 2.77. The molecule has 1 heterocycles. The van der Waals surface area contributed by atoms with Gasteiger partial charge in [-0.3, -0.25) is 0 Å². The number of aromatic nitrogens is 1. The summed E-state index contributed by atoms with van der Waals surface area (Å²) in [4.78, 5) is 4.46. The van der Waals surface area contributed by atoms with Gasteiger partial charge in [0.15, 0.2) is 0 Å². The Morgan fingerprint density at radius 3 is 3.00 bits per heavy atom. The number of halogens is 1. The first kappa shape index (κ1) is 13.0. The molecule has 2 N–H and O–H groups in total. The van der Waals surface area contributed by atoms with Crippen molar-refractivity contribution < 1.29 is 9.13 Å². The second-order valence-corrected chi connectivity index (χ2v) is 4.85. The molecule has 0 atom stereocenters. The largest absolute Gasteiger partial charge is 0.496 e. The van der Waals surface area contributed by atoms with Crippen LogP contribution in [0.3, 0.4) is 0 Å². The molecule has 0 spiro atoms. The minimum Gasteiger partial charge on any atom is -0.496 e. The summed E-state index contributed by atoms with van der Waals surface area (Å²) in [6, 6.07) is 4.52. The molecule has 1 aromatic carbocycles. The Kier molecular flexibility index (Phi) is 4.28. The van der Waals surface area contributed by atoms with Crippen molar-refractivity contribution in [2.75, 3.05) is 13.7 Å². The summed E-state index contributed by atoms with van der Waals surface area (Å²) >= 11 is 1.56. The zero-order chi connectivity index (χ0) is 13.0. The van der Waals surface area contributed by atoms with E-state index in [1.54, 1.807) is 24.5 Å². The van der Waals surface area contributed by atoms with Gasteiger partial charge in [0.1, 0.15) is 11.6 Å². The zero-order valence-electron chi connectivity index (χ0n) is 10.1. The van der Waals surface area contributed by atoms with E-state index in [9.17, 15) is 4.39 Å². The summed E-state index contributed by atoms with van der Waals surface area (Å²) in [5.74, 6) is 0.427. The molecule has 5 heteroatoms. The molecule has 0 radical (unpaired) electrons. The van der Waals surface area contributed by atoms with Gasteiger partial charge in [-0.05, 0) is 24.7 Å². The van der Waals surface area contributed by atoms with Crippen LogP contribution >= 0.6 is 11.3 Å². The third-order valence-electron chi connectivity index (χ3n) is 2.58. The van der Waals surface area contributed by atoms with Crippen molar-refractivity contribution in [3.05, 3.63) is 45.7 Å². The van der Waals surface area contributed by atoms with E-state index in [-0.39, 0.29) is 5.82 Å². The minimum absolute atomic E-state index is 0.260. The molecule has 0 unspecified atom stereocenters. The first-order chi connectivity index (χ1) is 8.72. The van der Waals surface area contributed by atoms with Gasteiger partial charge in [0.2, 0.25) is 0 Å². The normalized spacial score (nSPS) is 10.6. The standard InChI is InChI=1S/C13H15FN2OS/c1-17-12-3-2-10(14)6-9(12)7-13-16-11(4-5-15)8-18-13/h2-3,6,8H,4-5,7,15H2,1H3. The van der Waals surface area contributed by atoms with Crippen molar-refractivity contribution in [3.63, 3.8) is 0 Å². The molecule has 2 aromatic rings. The maximum atomic E-state index is 13.2. The second-order valence-electron chi connectivity index (χ2n) is 3.90. The van der Waals surface area contributed by atoms with Crippen LogP contribution in [-0.4, -0.2) is 18.6 Å². The Balaban J connectivity index is 2.19. The highest BCUT2D eigenvalue weighted by Gasteiger charge is 2.08. The summed E-state index contributed by atoms with van der Waals surface area (Å²) < 4.78 is 18.4. The van der Waals surface area contributed by atoms with Gasteiger partial charge in [-0.15, -0.1) is 11.3 Å². The molecule has 0 saturated carbocycles. The van der Waals surface area contributed by atoms with Crippen molar-refractivity contribution in [1.82, 2.24) is 4.98 Å². The van der Waals surface area contributed by atoms with Gasteiger partial charge in [-0.2, -0.15) is 0 Å². The Hall–Kier alpha value is -1.46. The summed E-state index contributed by atoms with van der Waals surface area (Å²) in [6.45, 7) is 0.590. The number of nitrogens with two attached hydrogens (primary N) is 1. The topological polar surface area (TPSA) is 48.1 Å². The molecule has 2 rings (SSSR count). The van der Waals surface area contributed by atoms with E-state index in [0.717, 1.165) is 22.7 Å². The summed E-state index contributed by atoms with van der Waals surface area (Å²) in [6.07, 6.45) is 1.35. The van der Waals surface area contributed by atoms with Crippen molar-refractivity contribution >= 4 is 11.3 Å². The second kappa shape index (κ2) is 5.93. The first-order valence-electron chi connectivity index (χ1n) is 5.68. The van der Waals surface area contributed by atoms with Crippen LogP contribution in [-0.2, 0) is 12.8 Å². The van der Waals surface area contributed by atoms with Crippen molar-refractivity contribution in [3.8, 4) is 5.75 Å². The molecule has 0 aliphatic heterocycles. The number of hydrogen-bond acceptors (Lipinski definition) is 4. The fourth-order valence-corrected chi connectivity index (χ4v) is 2.59. The highest BCUT2D eigenvalue weighted by Crippen LogP contribution is 2.24. The number of rotatable bonds is 5. The molecular weight excluding hydrogens is 251 g/mol. The van der Waals surface area contributed by atoms with E-state index in [4.69, 9.17) is 10.5 Å². The fourth-order valence-electron chi connectivity index (χ4n) is 1.74. The molecule has 96 valence electrons. The van der Waals surface area contributed by atoms with E-state index < -0.39 is 0 Å².